The minimum absolute atomic E-state index is 0.0253. The summed E-state index contributed by atoms with van der Waals surface area (Å²) in [5.74, 6) is 0.0348. The molecule has 0 spiro atoms. The molecular formula is C53H75N9O5S2. The van der Waals surface area contributed by atoms with E-state index in [0.29, 0.717) is 12.8 Å². The van der Waals surface area contributed by atoms with Gasteiger partial charge < -0.3 is 36.6 Å². The molecule has 2 aromatic carbocycles. The number of aliphatic hydroxyl groups excluding tert-OH is 1. The summed E-state index contributed by atoms with van der Waals surface area (Å²) in [5, 5.41) is 20.5. The second-order valence-corrected chi connectivity index (χ2v) is 22.4. The third-order valence-corrected chi connectivity index (χ3v) is 15.2. The van der Waals surface area contributed by atoms with Crippen LogP contribution in [0.4, 0.5) is 11.5 Å². The molecule has 6 N–H and O–H groups in total. The van der Waals surface area contributed by atoms with Crippen LogP contribution in [0.25, 0.3) is 10.4 Å². The lowest BCUT2D eigenvalue weighted by molar-refractivity contribution is -0.144. The van der Waals surface area contributed by atoms with E-state index in [4.69, 9.17) is 5.73 Å². The first-order chi connectivity index (χ1) is 33.0. The molecule has 2 aliphatic rings. The Morgan fingerprint density at radius 2 is 1.51 bits per heavy atom. The van der Waals surface area contributed by atoms with E-state index in [1.807, 2.05) is 94.9 Å². The highest BCUT2D eigenvalue weighted by molar-refractivity contribution is 7.99. The molecular weight excluding hydrogens is 907 g/mol. The molecule has 0 aliphatic carbocycles. The Balaban J connectivity index is 0.811. The first-order valence-electron chi connectivity index (χ1n) is 25.0. The number of likely N-dealkylation sites (tertiary alicyclic amines) is 1. The zero-order chi connectivity index (χ0) is 49.6. The molecule has 69 heavy (non-hydrogen) atoms. The fourth-order valence-corrected chi connectivity index (χ4v) is 10.6. The number of nitrogens with zero attached hydrogens (tertiary/aromatic N) is 5. The standard InChI is InChI=1S/C53H75N9O5S2/c1-36(38-22-24-39(25-23-38)48-37(2)57-35-68-48)58-50(66)43-31-41(63)34-62(43)51(67)49(52(3,4)5)60-46(65)21-16-14-12-10-8-7-9-11-13-15-20-45(64)59-40-18-17-19-42(30-40)69-47-33-55-44(32-56-47)61-28-26-53(6,54)27-29-61/h17-19,22-25,30,32-33,35-36,41,43,49,63H,7-16,20-21,26-29,31,34,54H2,1-6H3,(H,58,66)(H,59,64)(H,60,65)/t36-,41+,43-,49+/m0/s1. The number of carbonyl (C=O) groups excluding carboxylic acids is 4. The van der Waals surface area contributed by atoms with Crippen LogP contribution in [0.1, 0.15) is 148 Å². The second kappa shape index (κ2) is 25.3. The van der Waals surface area contributed by atoms with Crippen LogP contribution in [0.3, 0.4) is 0 Å². The van der Waals surface area contributed by atoms with E-state index in [0.717, 1.165) is 133 Å². The maximum Gasteiger partial charge on any atom is 0.246 e. The molecule has 374 valence electrons. The van der Waals surface area contributed by atoms with Crippen LogP contribution < -0.4 is 26.6 Å². The molecule has 2 fully saturated rings. The Bertz CT molecular complexity index is 2290. The van der Waals surface area contributed by atoms with Crippen LogP contribution in [0.2, 0.25) is 0 Å². The van der Waals surface area contributed by atoms with Gasteiger partial charge in [0.05, 0.1) is 40.6 Å². The Morgan fingerprint density at radius 1 is 0.870 bits per heavy atom. The minimum Gasteiger partial charge on any atom is -0.391 e. The van der Waals surface area contributed by atoms with Crippen molar-refractivity contribution < 1.29 is 24.3 Å². The fourth-order valence-electron chi connectivity index (χ4n) is 8.99. The van der Waals surface area contributed by atoms with Gasteiger partial charge >= 0.3 is 0 Å². The largest absolute Gasteiger partial charge is 0.391 e. The highest BCUT2D eigenvalue weighted by Crippen LogP contribution is 2.32. The zero-order valence-corrected chi connectivity index (χ0v) is 43.2. The van der Waals surface area contributed by atoms with Crippen LogP contribution >= 0.6 is 23.1 Å². The number of hydrogen-bond acceptors (Lipinski definition) is 12. The summed E-state index contributed by atoms with van der Waals surface area (Å²) in [6, 6.07) is 13.8. The average molecular weight is 982 g/mol. The Kier molecular flexibility index (Phi) is 19.6. The number of anilines is 2. The Hall–Kier alpha value is -4.90. The number of aromatic nitrogens is 3. The summed E-state index contributed by atoms with van der Waals surface area (Å²) < 4.78 is 0. The number of piperidine rings is 1. The highest BCUT2D eigenvalue weighted by atomic mass is 32.2. The minimum atomic E-state index is -0.845. The van der Waals surface area contributed by atoms with Gasteiger partial charge in [-0.1, -0.05) is 114 Å². The molecule has 4 atom stereocenters. The van der Waals surface area contributed by atoms with Crippen molar-refractivity contribution in [3.8, 4) is 10.4 Å². The summed E-state index contributed by atoms with van der Waals surface area (Å²) in [5.41, 5.74) is 11.1. The van der Waals surface area contributed by atoms with Gasteiger partial charge in [0.2, 0.25) is 23.6 Å². The van der Waals surface area contributed by atoms with E-state index in [1.54, 1.807) is 17.5 Å². The van der Waals surface area contributed by atoms with Gasteiger partial charge in [0.15, 0.2) is 0 Å². The van der Waals surface area contributed by atoms with Crippen molar-refractivity contribution in [2.24, 2.45) is 11.1 Å². The zero-order valence-electron chi connectivity index (χ0n) is 41.6. The molecule has 6 rings (SSSR count). The molecule has 2 aromatic heterocycles. The predicted molar refractivity (Wildman–Crippen MR) is 277 cm³/mol. The lowest BCUT2D eigenvalue weighted by Gasteiger charge is -2.37. The highest BCUT2D eigenvalue weighted by Gasteiger charge is 2.44. The summed E-state index contributed by atoms with van der Waals surface area (Å²) in [7, 11) is 0. The molecule has 4 amide bonds. The van der Waals surface area contributed by atoms with Crippen molar-refractivity contribution in [1.29, 1.82) is 0 Å². The van der Waals surface area contributed by atoms with Crippen LogP contribution in [-0.2, 0) is 19.2 Å². The maximum atomic E-state index is 14.1. The number of nitrogens with one attached hydrogen (secondary N) is 3. The summed E-state index contributed by atoms with van der Waals surface area (Å²) >= 11 is 3.11. The number of amides is 4. The molecule has 0 bridgehead atoms. The van der Waals surface area contributed by atoms with Gasteiger partial charge in [0, 0.05) is 55.0 Å². The fraction of sp³-hybridized carbons (Fsp3) is 0.566. The molecule has 2 saturated heterocycles. The normalized spacial score (nSPS) is 17.9. The number of thiazole rings is 1. The van der Waals surface area contributed by atoms with Crippen LogP contribution in [0.5, 0.6) is 0 Å². The van der Waals surface area contributed by atoms with Gasteiger partial charge in [0.1, 0.15) is 22.9 Å². The third kappa shape index (κ3) is 16.3. The van der Waals surface area contributed by atoms with Crippen molar-refractivity contribution in [1.82, 2.24) is 30.5 Å². The second-order valence-electron chi connectivity index (χ2n) is 20.4. The van der Waals surface area contributed by atoms with Crippen molar-refractivity contribution in [3.63, 3.8) is 0 Å². The maximum absolute atomic E-state index is 14.1. The number of nitrogens with two attached hydrogens (primary N) is 1. The van der Waals surface area contributed by atoms with Crippen molar-refractivity contribution in [2.75, 3.05) is 29.9 Å². The average Bonchev–Trinajstić information content (AvgIpc) is 3.93. The SMILES string of the molecule is Cc1ncsc1-c1ccc([C@H](C)NC(=O)[C@@H]2C[C@@H](O)CN2C(=O)[C@@H](NC(=O)CCCCCCCCCCCCC(=O)Nc2cccc(Sc3cnc(N4CCC(C)(N)CC4)cn3)c2)C(C)(C)C)cc1. The monoisotopic (exact) mass is 982 g/mol. The first kappa shape index (κ1) is 53.5. The van der Waals surface area contributed by atoms with E-state index in [2.05, 4.69) is 42.7 Å². The summed E-state index contributed by atoms with van der Waals surface area (Å²) in [6.45, 7) is 13.5. The van der Waals surface area contributed by atoms with E-state index in [9.17, 15) is 24.3 Å². The lowest BCUT2D eigenvalue weighted by atomic mass is 9.85. The molecule has 4 heterocycles. The number of rotatable bonds is 23. The van der Waals surface area contributed by atoms with Crippen LogP contribution in [-0.4, -0.2) is 91.9 Å². The number of unbranched alkanes of at least 4 members (excludes halogenated alkanes) is 9. The van der Waals surface area contributed by atoms with Gasteiger partial charge in [-0.05, 0) is 81.2 Å². The van der Waals surface area contributed by atoms with E-state index in [-0.39, 0.29) is 48.2 Å². The van der Waals surface area contributed by atoms with Crippen LogP contribution in [0.15, 0.2) is 76.4 Å². The van der Waals surface area contributed by atoms with Gasteiger partial charge in [-0.2, -0.15) is 0 Å². The molecule has 14 nitrogen and oxygen atoms in total. The number of hydrogen-bond donors (Lipinski definition) is 5. The topological polar surface area (TPSA) is 196 Å². The molecule has 0 radical (unpaired) electrons. The van der Waals surface area contributed by atoms with Gasteiger partial charge in [-0.15, -0.1) is 11.3 Å². The third-order valence-electron chi connectivity index (χ3n) is 13.3. The number of aliphatic hydroxyl groups is 1. The van der Waals surface area contributed by atoms with Crippen molar-refractivity contribution >= 4 is 58.2 Å². The smallest absolute Gasteiger partial charge is 0.246 e. The van der Waals surface area contributed by atoms with E-state index >= 15 is 0 Å². The van der Waals surface area contributed by atoms with Crippen molar-refractivity contribution in [2.45, 2.75) is 178 Å². The lowest BCUT2D eigenvalue weighted by Crippen LogP contribution is -2.57. The number of aryl methyl sites for hydroxylation is 1. The molecule has 2 aliphatic heterocycles. The van der Waals surface area contributed by atoms with Crippen molar-refractivity contribution in [3.05, 3.63) is 77.7 Å². The predicted octanol–water partition coefficient (Wildman–Crippen LogP) is 9.37. The van der Waals surface area contributed by atoms with Gasteiger partial charge in [0.25, 0.3) is 0 Å². The Morgan fingerprint density at radius 3 is 2.10 bits per heavy atom. The number of β-amino-alcohol motifs (C(OH)–C–C–N with tert-alkyl or cyclic N) is 1. The number of benzene rings is 2. The molecule has 16 heteroatoms. The quantitative estimate of drug-likeness (QED) is 0.0445. The summed E-state index contributed by atoms with van der Waals surface area (Å²) in [4.78, 5) is 73.0. The molecule has 0 saturated carbocycles. The first-order valence-corrected chi connectivity index (χ1v) is 26.7. The van der Waals surface area contributed by atoms with Crippen LogP contribution in [0, 0.1) is 12.3 Å². The van der Waals surface area contributed by atoms with E-state index < -0.39 is 23.6 Å². The van der Waals surface area contributed by atoms with Gasteiger partial charge in [-0.3, -0.25) is 19.2 Å². The Labute approximate surface area is 417 Å². The van der Waals surface area contributed by atoms with E-state index in [1.165, 1.54) is 16.7 Å². The molecule has 0 unspecified atom stereocenters. The summed E-state index contributed by atoms with van der Waals surface area (Å²) in [6.07, 6.45) is 15.8. The number of carbonyl (C=O) groups is 4. The molecule has 4 aromatic rings. The van der Waals surface area contributed by atoms with Gasteiger partial charge in [-0.25, -0.2) is 15.0 Å².